The summed E-state index contributed by atoms with van der Waals surface area (Å²) in [6.45, 7) is 9.75. The first-order chi connectivity index (χ1) is 4.98. The third-order valence-electron chi connectivity index (χ3n) is 1.50. The summed E-state index contributed by atoms with van der Waals surface area (Å²) in [5.74, 6) is 0. The zero-order chi connectivity index (χ0) is 10.6. The lowest BCUT2D eigenvalue weighted by Gasteiger charge is -2.31. The van der Waals surface area contributed by atoms with Gasteiger partial charge in [-0.3, -0.25) is 0 Å². The minimum absolute atomic E-state index is 0. The van der Waals surface area contributed by atoms with E-state index in [1.54, 1.807) is 41.5 Å². The fourth-order valence-electron chi connectivity index (χ4n) is 0. The topological polar surface area (TPSA) is 60.7 Å². The van der Waals surface area contributed by atoms with Gasteiger partial charge in [-0.25, -0.2) is 0 Å². The zero-order valence-electron chi connectivity index (χ0n) is 9.50. The van der Waals surface area contributed by atoms with Gasteiger partial charge < -0.3 is 15.3 Å². The van der Waals surface area contributed by atoms with Gasteiger partial charge >= 0.3 is 0 Å². The summed E-state index contributed by atoms with van der Waals surface area (Å²) in [5.41, 5.74) is -2.01. The molecule has 0 unspecified atom stereocenters. The number of aliphatic hydroxyl groups excluding tert-OH is 1. The number of hydrogen-bond donors (Lipinski definition) is 3. The van der Waals surface area contributed by atoms with Crippen molar-refractivity contribution in [3.63, 3.8) is 0 Å². The van der Waals surface area contributed by atoms with E-state index in [2.05, 4.69) is 0 Å². The van der Waals surface area contributed by atoms with Crippen LogP contribution in [0.15, 0.2) is 0 Å². The van der Waals surface area contributed by atoms with E-state index in [0.29, 0.717) is 0 Å². The smallest absolute Gasteiger partial charge is 0.0872 e. The monoisotopic (exact) mass is 189 g/mol. The van der Waals surface area contributed by atoms with Crippen molar-refractivity contribution < 1.29 is 15.3 Å². The maximum atomic E-state index is 9.10. The second-order valence-electron chi connectivity index (χ2n) is 4.21. The Bertz CT molecular complexity index is 96.3. The van der Waals surface area contributed by atoms with Crippen molar-refractivity contribution in [2.45, 2.75) is 58.8 Å². The Kier molecular flexibility index (Phi) is 9.20. The van der Waals surface area contributed by atoms with E-state index in [-0.39, 0.29) is 14.5 Å². The second-order valence-corrected chi connectivity index (χ2v) is 4.21. The predicted octanol–water partition coefficient (Wildman–Crippen LogP) is 0.534. The highest BCUT2D eigenvalue weighted by atomic mass is 16.3. The molecule has 0 amide bonds. The Balaban J connectivity index is -0.000000173. The van der Waals surface area contributed by atoms with Gasteiger partial charge in [0.1, 0.15) is 0 Å². The lowest BCUT2D eigenvalue weighted by molar-refractivity contribution is -0.107. The van der Waals surface area contributed by atoms with Crippen LogP contribution < -0.4 is 0 Å². The number of rotatable bonds is 1. The first-order valence-electron chi connectivity index (χ1n) is 4.11. The molecule has 0 fully saturated rings. The quantitative estimate of drug-likeness (QED) is 0.527. The molecule has 0 saturated carbocycles. The van der Waals surface area contributed by atoms with Crippen molar-refractivity contribution in [1.82, 2.24) is 0 Å². The Morgan fingerprint density at radius 2 is 0.923 bits per heavy atom. The Morgan fingerprint density at radius 3 is 0.923 bits per heavy atom. The van der Waals surface area contributed by atoms with E-state index in [1.807, 2.05) is 0 Å². The van der Waals surface area contributed by atoms with Crippen molar-refractivity contribution in [3.8, 4) is 0 Å². The van der Waals surface area contributed by atoms with Gasteiger partial charge in [0.25, 0.3) is 0 Å². The van der Waals surface area contributed by atoms with Gasteiger partial charge in [0.15, 0.2) is 0 Å². The molecule has 0 atom stereocenters. The average Bonchev–Trinajstić information content (AvgIpc) is 1.55. The molecular weight excluding hydrogens is 167 g/mol. The first-order valence-corrected chi connectivity index (χ1v) is 4.11. The third kappa shape index (κ3) is 14.8. The maximum Gasteiger partial charge on any atom is 0.0872 e. The molecule has 79 valence electrons. The number of aliphatic hydroxyl groups is 3. The summed E-state index contributed by atoms with van der Waals surface area (Å²) in [5, 5.41) is 26.3. The molecule has 0 spiro atoms. The number of hydrogen-bond acceptors (Lipinski definition) is 3. The molecule has 13 heavy (non-hydrogen) atoms. The normalized spacial score (nSPS) is 11.5. The minimum atomic E-state index is -1.01. The summed E-state index contributed by atoms with van der Waals surface area (Å²) >= 11 is 0. The summed E-state index contributed by atoms with van der Waals surface area (Å²) in [6.07, 6.45) is -0.167. The molecule has 0 aliphatic rings. The van der Waals surface area contributed by atoms with Crippen LogP contribution in [0.25, 0.3) is 0 Å². The fraction of sp³-hybridized carbons (Fsp3) is 1.00. The van der Waals surface area contributed by atoms with Crippen LogP contribution in [-0.2, 0) is 0 Å². The summed E-state index contributed by atoms with van der Waals surface area (Å²) in [7, 11) is 0. The lowest BCUT2D eigenvalue weighted by atomic mass is 9.90. The molecule has 3 nitrogen and oxygen atoms in total. The van der Waals surface area contributed by atoms with Crippen molar-refractivity contribution in [2.24, 2.45) is 0 Å². The molecule has 0 saturated heterocycles. The van der Waals surface area contributed by atoms with E-state index in [4.69, 9.17) is 15.3 Å². The van der Waals surface area contributed by atoms with Gasteiger partial charge in [0, 0.05) is 14.5 Å². The molecule has 0 aromatic heterocycles. The maximum absolute atomic E-state index is 9.10. The van der Waals surface area contributed by atoms with E-state index in [0.717, 1.165) is 0 Å². The summed E-state index contributed by atoms with van der Waals surface area (Å²) in [6, 6.07) is 0. The molecule has 0 aliphatic heterocycles. The molecule has 0 heterocycles. The highest BCUT2D eigenvalue weighted by molar-refractivity contribution is 5.75. The van der Waals surface area contributed by atoms with E-state index in [9.17, 15) is 0 Å². The molecule has 3 radical (unpaired) electrons. The molecule has 0 aromatic carbocycles. The lowest BCUT2D eigenvalue weighted by Crippen LogP contribution is -2.44. The van der Waals surface area contributed by atoms with Crippen molar-refractivity contribution in [3.05, 3.63) is 0 Å². The largest absolute Gasteiger partial charge is 0.394 e. The molecule has 4 heteroatoms. The van der Waals surface area contributed by atoms with Crippen LogP contribution in [0.4, 0.5) is 0 Å². The highest BCUT2D eigenvalue weighted by Crippen LogP contribution is 2.19. The second kappa shape index (κ2) is 6.41. The SMILES string of the molecule is CC(C)(O)C(C)(C)O.CC(C)O.[B]. The van der Waals surface area contributed by atoms with E-state index in [1.165, 1.54) is 0 Å². The minimum Gasteiger partial charge on any atom is -0.394 e. The standard InChI is InChI=1S/C6H14O2.C3H8O.B/c1-5(2,7)6(3,4)8;1-3(2)4;/h7-8H,1-4H3;3-4H,1-2H3;. The van der Waals surface area contributed by atoms with Crippen LogP contribution in [0.5, 0.6) is 0 Å². The third-order valence-corrected chi connectivity index (χ3v) is 1.50. The summed E-state index contributed by atoms with van der Waals surface area (Å²) < 4.78 is 0. The van der Waals surface area contributed by atoms with Crippen molar-refractivity contribution in [2.75, 3.05) is 0 Å². The molecular formula is C9H22BO3. The molecule has 0 rings (SSSR count). The molecule has 3 N–H and O–H groups in total. The Hall–Kier alpha value is -0.0551. The van der Waals surface area contributed by atoms with Crippen LogP contribution in [0.3, 0.4) is 0 Å². The fourth-order valence-corrected chi connectivity index (χ4v) is 0. The highest BCUT2D eigenvalue weighted by Gasteiger charge is 2.31. The van der Waals surface area contributed by atoms with Crippen LogP contribution >= 0.6 is 0 Å². The van der Waals surface area contributed by atoms with Gasteiger partial charge in [-0.05, 0) is 41.5 Å². The molecule has 0 aliphatic carbocycles. The zero-order valence-corrected chi connectivity index (χ0v) is 9.50. The van der Waals surface area contributed by atoms with Crippen molar-refractivity contribution in [1.29, 1.82) is 0 Å². The predicted molar refractivity (Wildman–Crippen MR) is 55.7 cm³/mol. The van der Waals surface area contributed by atoms with E-state index < -0.39 is 11.2 Å². The first kappa shape index (κ1) is 18.7. The summed E-state index contributed by atoms with van der Waals surface area (Å²) in [4.78, 5) is 0. The Labute approximate surface area is 83.4 Å². The molecule has 0 bridgehead atoms. The van der Waals surface area contributed by atoms with Gasteiger partial charge in [0.2, 0.25) is 0 Å². The Morgan fingerprint density at radius 1 is 0.846 bits per heavy atom. The van der Waals surface area contributed by atoms with Gasteiger partial charge in [-0.1, -0.05) is 0 Å². The van der Waals surface area contributed by atoms with Crippen LogP contribution in [0.1, 0.15) is 41.5 Å². The average molecular weight is 189 g/mol. The van der Waals surface area contributed by atoms with Gasteiger partial charge in [-0.2, -0.15) is 0 Å². The van der Waals surface area contributed by atoms with E-state index >= 15 is 0 Å². The van der Waals surface area contributed by atoms with Crippen LogP contribution in [-0.4, -0.2) is 41.0 Å². The van der Waals surface area contributed by atoms with Gasteiger partial charge in [-0.15, -0.1) is 0 Å². The van der Waals surface area contributed by atoms with Gasteiger partial charge in [0.05, 0.1) is 11.2 Å². The molecule has 0 aromatic rings. The van der Waals surface area contributed by atoms with Crippen LogP contribution in [0.2, 0.25) is 0 Å². The van der Waals surface area contributed by atoms with Crippen LogP contribution in [0, 0.1) is 0 Å². The van der Waals surface area contributed by atoms with Crippen molar-refractivity contribution >= 4 is 8.41 Å².